The number of rotatable bonds is 5. The highest BCUT2D eigenvalue weighted by Gasteiger charge is 2.47. The molecule has 2 aliphatic heterocycles. The molecule has 0 bridgehead atoms. The first-order valence-corrected chi connectivity index (χ1v) is 10.2. The molecule has 0 N–H and O–H groups in total. The number of nitrogens with zero attached hydrogens (tertiary/aromatic N) is 3. The quantitative estimate of drug-likeness (QED) is 0.575. The minimum absolute atomic E-state index is 0.0252. The molecule has 0 aliphatic carbocycles. The molecule has 9 nitrogen and oxygen atoms in total. The van der Waals surface area contributed by atoms with Crippen LogP contribution in [0.1, 0.15) is 25.7 Å². The van der Waals surface area contributed by atoms with Crippen molar-refractivity contribution in [2.75, 3.05) is 47.4 Å². The first-order chi connectivity index (χ1) is 12.2. The van der Waals surface area contributed by atoms with Crippen LogP contribution in [0.3, 0.4) is 0 Å². The van der Waals surface area contributed by atoms with Gasteiger partial charge in [0.2, 0.25) is 21.8 Å². The topological polar surface area (TPSA) is 104 Å². The Bertz CT molecular complexity index is 663. The minimum atomic E-state index is -3.54. The number of likely N-dealkylation sites (tertiary alicyclic amines) is 1. The monoisotopic (exact) mass is 389 g/mol. The predicted octanol–water partition coefficient (Wildman–Crippen LogP) is -0.720. The summed E-state index contributed by atoms with van der Waals surface area (Å²) in [5, 5.41) is -0.559. The van der Waals surface area contributed by atoms with Crippen LogP contribution in [0.5, 0.6) is 0 Å². The Morgan fingerprint density at radius 1 is 1.12 bits per heavy atom. The lowest BCUT2D eigenvalue weighted by Crippen LogP contribution is -2.39. The van der Waals surface area contributed by atoms with E-state index in [9.17, 15) is 22.8 Å². The highest BCUT2D eigenvalue weighted by Crippen LogP contribution is 2.34. The van der Waals surface area contributed by atoms with E-state index in [-0.39, 0.29) is 37.1 Å². The van der Waals surface area contributed by atoms with E-state index in [4.69, 9.17) is 0 Å². The molecule has 2 atom stereocenters. The van der Waals surface area contributed by atoms with Gasteiger partial charge >= 0.3 is 5.97 Å². The molecule has 2 heterocycles. The maximum absolute atomic E-state index is 12.8. The predicted molar refractivity (Wildman–Crippen MR) is 93.5 cm³/mol. The standard InChI is InChI=1S/C16H27N3O6S/c1-17(2)15(21)11-19-10-12-6-8-18(9-7-13(12)26(19,23)24)14(20)4-5-16(22)25-3/h12-13H,4-11H2,1-3H3/t12-,13-/m0/s1. The zero-order valence-electron chi connectivity index (χ0n) is 15.5. The van der Waals surface area contributed by atoms with Crippen molar-refractivity contribution in [1.82, 2.24) is 14.1 Å². The number of likely N-dealkylation sites (N-methyl/N-ethyl adjacent to an activating group) is 1. The third kappa shape index (κ3) is 4.53. The van der Waals surface area contributed by atoms with Crippen LogP contribution in [0.25, 0.3) is 0 Å². The molecular weight excluding hydrogens is 362 g/mol. The number of sulfonamides is 1. The van der Waals surface area contributed by atoms with E-state index in [0.29, 0.717) is 32.5 Å². The molecule has 10 heteroatoms. The molecule has 2 saturated heterocycles. The van der Waals surface area contributed by atoms with Crippen LogP contribution in [0.4, 0.5) is 0 Å². The fourth-order valence-corrected chi connectivity index (χ4v) is 5.65. The van der Waals surface area contributed by atoms with Gasteiger partial charge in [-0.3, -0.25) is 14.4 Å². The van der Waals surface area contributed by atoms with Crippen LogP contribution in [-0.4, -0.2) is 92.9 Å². The molecule has 0 spiro atoms. The minimum Gasteiger partial charge on any atom is -0.469 e. The second-order valence-electron chi connectivity index (χ2n) is 6.96. The van der Waals surface area contributed by atoms with Gasteiger partial charge in [0.15, 0.2) is 0 Å². The SMILES string of the molecule is COC(=O)CCC(=O)N1CC[C@H]2CN(CC(=O)N(C)C)S(=O)(=O)[C@H]2CC1. The van der Waals surface area contributed by atoms with Gasteiger partial charge in [-0.1, -0.05) is 0 Å². The Labute approximate surface area is 154 Å². The molecule has 0 radical (unpaired) electrons. The van der Waals surface area contributed by atoms with Crippen molar-refractivity contribution in [3.8, 4) is 0 Å². The van der Waals surface area contributed by atoms with Crippen molar-refractivity contribution in [2.45, 2.75) is 30.9 Å². The average molecular weight is 389 g/mol. The normalized spacial score (nSPS) is 25.3. The van der Waals surface area contributed by atoms with Gasteiger partial charge < -0.3 is 14.5 Å². The third-order valence-corrected chi connectivity index (χ3v) is 7.48. The molecule has 2 fully saturated rings. The molecule has 2 amide bonds. The first kappa shape index (κ1) is 20.6. The summed E-state index contributed by atoms with van der Waals surface area (Å²) in [6.45, 7) is 0.989. The van der Waals surface area contributed by atoms with E-state index in [2.05, 4.69) is 4.74 Å². The molecule has 0 aromatic rings. The summed E-state index contributed by atoms with van der Waals surface area (Å²) in [5.41, 5.74) is 0. The number of methoxy groups -OCH3 is 1. The Morgan fingerprint density at radius 3 is 2.38 bits per heavy atom. The van der Waals surface area contributed by atoms with E-state index < -0.39 is 21.2 Å². The number of hydrogen-bond acceptors (Lipinski definition) is 6. The van der Waals surface area contributed by atoms with E-state index in [0.717, 1.165) is 0 Å². The second kappa shape index (κ2) is 8.34. The third-order valence-electron chi connectivity index (χ3n) is 5.09. The Kier molecular flexibility index (Phi) is 6.62. The summed E-state index contributed by atoms with van der Waals surface area (Å²) in [6, 6.07) is 0. The van der Waals surface area contributed by atoms with E-state index >= 15 is 0 Å². The lowest BCUT2D eigenvalue weighted by atomic mass is 10.0. The zero-order valence-corrected chi connectivity index (χ0v) is 16.3. The highest BCUT2D eigenvalue weighted by molar-refractivity contribution is 7.90. The fraction of sp³-hybridized carbons (Fsp3) is 0.812. The molecule has 26 heavy (non-hydrogen) atoms. The number of esters is 1. The molecule has 148 valence electrons. The summed E-state index contributed by atoms with van der Waals surface area (Å²) < 4.78 is 31.3. The summed E-state index contributed by atoms with van der Waals surface area (Å²) in [7, 11) is 0.927. The number of ether oxygens (including phenoxy) is 1. The van der Waals surface area contributed by atoms with Crippen LogP contribution < -0.4 is 0 Å². The first-order valence-electron chi connectivity index (χ1n) is 8.70. The summed E-state index contributed by atoms with van der Waals surface area (Å²) in [5.74, 6) is -0.931. The van der Waals surface area contributed by atoms with Gasteiger partial charge in [-0.15, -0.1) is 0 Å². The summed E-state index contributed by atoms with van der Waals surface area (Å²) >= 11 is 0. The van der Waals surface area contributed by atoms with Crippen molar-refractivity contribution >= 4 is 27.8 Å². The van der Waals surface area contributed by atoms with E-state index in [1.54, 1.807) is 19.0 Å². The lowest BCUT2D eigenvalue weighted by molar-refractivity contribution is -0.143. The number of carbonyl (C=O) groups is 3. The largest absolute Gasteiger partial charge is 0.469 e. The zero-order chi connectivity index (χ0) is 19.5. The Morgan fingerprint density at radius 2 is 1.77 bits per heavy atom. The van der Waals surface area contributed by atoms with Crippen LogP contribution in [-0.2, 0) is 29.1 Å². The number of amides is 2. The van der Waals surface area contributed by atoms with Gasteiger partial charge in [0, 0.05) is 40.2 Å². The fourth-order valence-electron chi connectivity index (χ4n) is 3.46. The molecule has 0 unspecified atom stereocenters. The molecule has 0 saturated carbocycles. The molecule has 0 aromatic heterocycles. The molecule has 2 aliphatic rings. The van der Waals surface area contributed by atoms with Crippen molar-refractivity contribution < 1.29 is 27.5 Å². The van der Waals surface area contributed by atoms with Crippen LogP contribution >= 0.6 is 0 Å². The maximum Gasteiger partial charge on any atom is 0.306 e. The van der Waals surface area contributed by atoms with Crippen LogP contribution in [0.15, 0.2) is 0 Å². The van der Waals surface area contributed by atoms with E-state index in [1.165, 1.54) is 16.3 Å². The lowest BCUT2D eigenvalue weighted by Gasteiger charge is -2.22. The van der Waals surface area contributed by atoms with Gasteiger partial charge in [-0.2, -0.15) is 4.31 Å². The summed E-state index contributed by atoms with van der Waals surface area (Å²) in [6.07, 6.45) is 1.01. The molecule has 2 rings (SSSR count). The van der Waals surface area contributed by atoms with Gasteiger partial charge in [0.25, 0.3) is 0 Å². The van der Waals surface area contributed by atoms with E-state index in [1.807, 2.05) is 0 Å². The Balaban J connectivity index is 1.97. The maximum atomic E-state index is 12.8. The van der Waals surface area contributed by atoms with Crippen molar-refractivity contribution in [3.05, 3.63) is 0 Å². The second-order valence-corrected chi connectivity index (χ2v) is 9.11. The van der Waals surface area contributed by atoms with Crippen molar-refractivity contribution in [3.63, 3.8) is 0 Å². The van der Waals surface area contributed by atoms with Crippen LogP contribution in [0.2, 0.25) is 0 Å². The van der Waals surface area contributed by atoms with Crippen molar-refractivity contribution in [1.29, 1.82) is 0 Å². The van der Waals surface area contributed by atoms with Crippen molar-refractivity contribution in [2.24, 2.45) is 5.92 Å². The number of carbonyl (C=O) groups excluding carboxylic acids is 3. The summed E-state index contributed by atoms with van der Waals surface area (Å²) in [4.78, 5) is 38.3. The van der Waals surface area contributed by atoms with Gasteiger partial charge in [0.05, 0.1) is 25.3 Å². The van der Waals surface area contributed by atoms with Gasteiger partial charge in [-0.25, -0.2) is 8.42 Å². The Hall–Kier alpha value is -1.68. The number of fused-ring (bicyclic) bond motifs is 1. The smallest absolute Gasteiger partial charge is 0.306 e. The molecule has 0 aromatic carbocycles. The molecular formula is C16H27N3O6S. The highest BCUT2D eigenvalue weighted by atomic mass is 32.2. The van der Waals surface area contributed by atoms with Gasteiger partial charge in [0.1, 0.15) is 0 Å². The van der Waals surface area contributed by atoms with Crippen LogP contribution in [0, 0.1) is 5.92 Å². The van der Waals surface area contributed by atoms with Gasteiger partial charge in [-0.05, 0) is 18.8 Å². The number of hydrogen-bond donors (Lipinski definition) is 0. The average Bonchev–Trinajstić information content (AvgIpc) is 2.74.